The number of ether oxygens (including phenoxy) is 1. The van der Waals surface area contributed by atoms with Crippen LogP contribution in [0.2, 0.25) is 0 Å². The van der Waals surface area contributed by atoms with Crippen molar-refractivity contribution in [2.45, 2.75) is 13.0 Å². The van der Waals surface area contributed by atoms with Gasteiger partial charge < -0.3 is 15.8 Å². The lowest BCUT2D eigenvalue weighted by molar-refractivity contribution is 0.335. The maximum Gasteiger partial charge on any atom is 0.124 e. The summed E-state index contributed by atoms with van der Waals surface area (Å²) in [4.78, 5) is 0. The van der Waals surface area contributed by atoms with Gasteiger partial charge in [-0.2, -0.15) is 0 Å². The average molecular weight is 335 g/mol. The maximum absolute atomic E-state index is 5.92. The molecule has 2 aromatic carbocycles. The summed E-state index contributed by atoms with van der Waals surface area (Å²) in [6, 6.07) is 16.1. The topological polar surface area (TPSA) is 47.3 Å². The largest absolute Gasteiger partial charge is 0.494 e. The van der Waals surface area contributed by atoms with Crippen LogP contribution >= 0.6 is 15.9 Å². The van der Waals surface area contributed by atoms with Gasteiger partial charge in [-0.15, -0.1) is 0 Å². The summed E-state index contributed by atoms with van der Waals surface area (Å²) in [6.07, 6.45) is 0. The number of halogens is 1. The fourth-order valence-corrected chi connectivity index (χ4v) is 2.33. The Morgan fingerprint density at radius 2 is 1.85 bits per heavy atom. The molecule has 0 saturated carbocycles. The number of benzene rings is 2. The van der Waals surface area contributed by atoms with Crippen LogP contribution in [0.5, 0.6) is 5.75 Å². The molecule has 20 heavy (non-hydrogen) atoms. The molecule has 0 saturated heterocycles. The number of nitrogens with two attached hydrogens (primary N) is 1. The monoisotopic (exact) mass is 334 g/mol. The third kappa shape index (κ3) is 3.74. The predicted octanol–water partition coefficient (Wildman–Crippen LogP) is 3.96. The number of para-hydroxylation sites is 1. The van der Waals surface area contributed by atoms with E-state index in [0.717, 1.165) is 21.5 Å². The summed E-state index contributed by atoms with van der Waals surface area (Å²) in [5.41, 5.74) is 8.04. The number of nitrogens with one attached hydrogen (secondary N) is 1. The Bertz CT molecular complexity index is 542. The molecule has 0 aliphatic rings. The minimum absolute atomic E-state index is 0.0268. The van der Waals surface area contributed by atoms with Crippen LogP contribution in [-0.4, -0.2) is 13.2 Å². The molecule has 0 aromatic heterocycles. The van der Waals surface area contributed by atoms with Crippen molar-refractivity contribution in [3.63, 3.8) is 0 Å². The maximum atomic E-state index is 5.92. The lowest BCUT2D eigenvalue weighted by Gasteiger charge is -2.21. The lowest BCUT2D eigenvalue weighted by Crippen LogP contribution is -2.21. The second-order valence-corrected chi connectivity index (χ2v) is 5.33. The van der Waals surface area contributed by atoms with Gasteiger partial charge in [-0.25, -0.2) is 0 Å². The molecule has 0 amide bonds. The molecule has 1 atom stereocenters. The summed E-state index contributed by atoms with van der Waals surface area (Å²) in [5, 5.41) is 3.45. The van der Waals surface area contributed by atoms with E-state index in [-0.39, 0.29) is 6.04 Å². The van der Waals surface area contributed by atoms with Gasteiger partial charge in [0.25, 0.3) is 0 Å². The van der Waals surface area contributed by atoms with Gasteiger partial charge >= 0.3 is 0 Å². The molecule has 3 nitrogen and oxygen atoms in total. The Morgan fingerprint density at radius 3 is 2.50 bits per heavy atom. The van der Waals surface area contributed by atoms with E-state index >= 15 is 0 Å². The van der Waals surface area contributed by atoms with E-state index in [4.69, 9.17) is 10.5 Å². The molecule has 2 aromatic rings. The van der Waals surface area contributed by atoms with Gasteiger partial charge in [-0.1, -0.05) is 34.1 Å². The Hall–Kier alpha value is -1.52. The molecule has 0 aliphatic heterocycles. The van der Waals surface area contributed by atoms with Crippen molar-refractivity contribution in [3.05, 3.63) is 58.6 Å². The third-order valence-electron chi connectivity index (χ3n) is 3.02. The van der Waals surface area contributed by atoms with Crippen LogP contribution in [0.25, 0.3) is 0 Å². The number of anilines is 1. The van der Waals surface area contributed by atoms with Crippen LogP contribution in [0.3, 0.4) is 0 Å². The quantitative estimate of drug-likeness (QED) is 0.840. The van der Waals surface area contributed by atoms with Crippen molar-refractivity contribution in [2.24, 2.45) is 5.73 Å². The highest BCUT2D eigenvalue weighted by molar-refractivity contribution is 9.10. The van der Waals surface area contributed by atoms with Crippen molar-refractivity contribution < 1.29 is 4.74 Å². The van der Waals surface area contributed by atoms with E-state index in [2.05, 4.69) is 21.2 Å². The summed E-state index contributed by atoms with van der Waals surface area (Å²) < 4.78 is 6.73. The van der Waals surface area contributed by atoms with Gasteiger partial charge in [0.1, 0.15) is 5.75 Å². The highest BCUT2D eigenvalue weighted by atomic mass is 79.9. The highest BCUT2D eigenvalue weighted by Gasteiger charge is 2.14. The fourth-order valence-electron chi connectivity index (χ4n) is 2.07. The zero-order chi connectivity index (χ0) is 14.4. The van der Waals surface area contributed by atoms with Gasteiger partial charge in [0.05, 0.1) is 12.6 Å². The van der Waals surface area contributed by atoms with Crippen LogP contribution in [0, 0.1) is 0 Å². The Morgan fingerprint density at radius 1 is 1.15 bits per heavy atom. The van der Waals surface area contributed by atoms with Gasteiger partial charge in [-0.3, -0.25) is 0 Å². The molecule has 0 bridgehead atoms. The van der Waals surface area contributed by atoms with E-state index < -0.39 is 0 Å². The molecule has 0 fully saturated rings. The van der Waals surface area contributed by atoms with Crippen molar-refractivity contribution in [1.82, 2.24) is 0 Å². The van der Waals surface area contributed by atoms with Crippen LogP contribution in [0.1, 0.15) is 18.5 Å². The molecular formula is C16H19BrN2O. The second kappa shape index (κ2) is 7.31. The molecule has 0 radical (unpaired) electrons. The molecule has 3 N–H and O–H groups in total. The van der Waals surface area contributed by atoms with Crippen molar-refractivity contribution >= 4 is 21.6 Å². The molecule has 4 heteroatoms. The van der Waals surface area contributed by atoms with Gasteiger partial charge in [0.2, 0.25) is 0 Å². The van der Waals surface area contributed by atoms with E-state index in [1.165, 1.54) is 0 Å². The zero-order valence-electron chi connectivity index (χ0n) is 11.5. The van der Waals surface area contributed by atoms with Crippen molar-refractivity contribution in [1.29, 1.82) is 0 Å². The zero-order valence-corrected chi connectivity index (χ0v) is 13.1. The molecule has 1 unspecified atom stereocenters. The smallest absolute Gasteiger partial charge is 0.124 e. The van der Waals surface area contributed by atoms with Gasteiger partial charge in [0.15, 0.2) is 0 Å². The van der Waals surface area contributed by atoms with Crippen LogP contribution in [-0.2, 0) is 0 Å². The first-order valence-electron chi connectivity index (χ1n) is 6.68. The van der Waals surface area contributed by atoms with Gasteiger partial charge in [-0.05, 0) is 37.3 Å². The Labute approximate surface area is 128 Å². The number of hydrogen-bond donors (Lipinski definition) is 2. The van der Waals surface area contributed by atoms with Crippen LogP contribution in [0.4, 0.5) is 5.69 Å². The SMILES string of the molecule is CCOc1ccccc1C(CN)Nc1ccc(Br)cc1. The Balaban J connectivity index is 2.21. The van der Waals surface area contributed by atoms with Crippen molar-refractivity contribution in [3.8, 4) is 5.75 Å². The second-order valence-electron chi connectivity index (χ2n) is 4.41. The molecule has 0 heterocycles. The lowest BCUT2D eigenvalue weighted by atomic mass is 10.1. The highest BCUT2D eigenvalue weighted by Crippen LogP contribution is 2.27. The fraction of sp³-hybridized carbons (Fsp3) is 0.250. The Kier molecular flexibility index (Phi) is 5.44. The first-order valence-corrected chi connectivity index (χ1v) is 7.47. The van der Waals surface area contributed by atoms with E-state index in [0.29, 0.717) is 13.2 Å². The molecule has 2 rings (SSSR count). The van der Waals surface area contributed by atoms with Gasteiger partial charge in [0, 0.05) is 22.3 Å². The first-order chi connectivity index (χ1) is 9.74. The standard InChI is InChI=1S/C16H19BrN2O/c1-2-20-16-6-4-3-5-14(16)15(11-18)19-13-9-7-12(17)8-10-13/h3-10,15,19H,2,11,18H2,1H3. The van der Waals surface area contributed by atoms with E-state index in [1.807, 2.05) is 55.5 Å². The average Bonchev–Trinajstić information content (AvgIpc) is 2.48. The first kappa shape index (κ1) is 14.9. The summed E-state index contributed by atoms with van der Waals surface area (Å²) in [7, 11) is 0. The number of rotatable bonds is 6. The minimum atomic E-state index is 0.0268. The van der Waals surface area contributed by atoms with Crippen LogP contribution in [0.15, 0.2) is 53.0 Å². The molecular weight excluding hydrogens is 316 g/mol. The number of hydrogen-bond acceptors (Lipinski definition) is 3. The third-order valence-corrected chi connectivity index (χ3v) is 3.54. The summed E-state index contributed by atoms with van der Waals surface area (Å²) in [6.45, 7) is 3.13. The molecule has 0 aliphatic carbocycles. The van der Waals surface area contributed by atoms with Crippen LogP contribution < -0.4 is 15.8 Å². The molecule has 0 spiro atoms. The minimum Gasteiger partial charge on any atom is -0.494 e. The normalized spacial score (nSPS) is 11.9. The summed E-state index contributed by atoms with van der Waals surface area (Å²) in [5.74, 6) is 0.884. The summed E-state index contributed by atoms with van der Waals surface area (Å²) >= 11 is 3.43. The molecule has 106 valence electrons. The van der Waals surface area contributed by atoms with Crippen molar-refractivity contribution in [2.75, 3.05) is 18.5 Å². The van der Waals surface area contributed by atoms with E-state index in [1.54, 1.807) is 0 Å². The van der Waals surface area contributed by atoms with E-state index in [9.17, 15) is 0 Å². The predicted molar refractivity (Wildman–Crippen MR) is 87.2 cm³/mol.